The van der Waals surface area contributed by atoms with E-state index in [4.69, 9.17) is 11.6 Å². The summed E-state index contributed by atoms with van der Waals surface area (Å²) in [5, 5.41) is 9.65. The maximum Gasteiger partial charge on any atom is 0.251 e. The molecule has 0 saturated heterocycles. The van der Waals surface area contributed by atoms with Crippen molar-refractivity contribution in [3.05, 3.63) is 83.9 Å². The SMILES string of the molecule is C[C@@H](N[C@H]1CC(Cl)CC[C@@H]1NC(=O)c1ccccc1)c1cccc2ccccc12. The molecule has 29 heavy (non-hydrogen) atoms. The Labute approximate surface area is 177 Å². The van der Waals surface area contributed by atoms with Crippen LogP contribution in [0.1, 0.15) is 48.1 Å². The van der Waals surface area contributed by atoms with Gasteiger partial charge in [0.1, 0.15) is 0 Å². The molecule has 0 heterocycles. The van der Waals surface area contributed by atoms with E-state index in [9.17, 15) is 4.79 Å². The Kier molecular flexibility index (Phi) is 6.17. The van der Waals surface area contributed by atoms with Crippen molar-refractivity contribution in [1.82, 2.24) is 10.6 Å². The fourth-order valence-electron chi connectivity index (χ4n) is 4.36. The molecule has 1 aliphatic carbocycles. The van der Waals surface area contributed by atoms with Gasteiger partial charge in [-0.3, -0.25) is 4.79 Å². The number of carbonyl (C=O) groups is 1. The van der Waals surface area contributed by atoms with Crippen LogP contribution in [0.3, 0.4) is 0 Å². The van der Waals surface area contributed by atoms with Crippen molar-refractivity contribution in [2.24, 2.45) is 0 Å². The molecule has 4 rings (SSSR count). The largest absolute Gasteiger partial charge is 0.348 e. The summed E-state index contributed by atoms with van der Waals surface area (Å²) in [4.78, 5) is 12.7. The molecule has 0 spiro atoms. The smallest absolute Gasteiger partial charge is 0.251 e. The number of halogens is 1. The Balaban J connectivity index is 1.52. The van der Waals surface area contributed by atoms with E-state index in [1.165, 1.54) is 16.3 Å². The molecule has 3 aromatic rings. The summed E-state index contributed by atoms with van der Waals surface area (Å²) < 4.78 is 0. The molecule has 1 aliphatic rings. The summed E-state index contributed by atoms with van der Waals surface area (Å²) in [6, 6.07) is 24.7. The van der Waals surface area contributed by atoms with Crippen molar-refractivity contribution < 1.29 is 4.79 Å². The molecule has 0 radical (unpaired) electrons. The Morgan fingerprint density at radius 1 is 0.931 bits per heavy atom. The first-order valence-corrected chi connectivity index (χ1v) is 10.8. The van der Waals surface area contributed by atoms with Crippen LogP contribution in [0.5, 0.6) is 0 Å². The van der Waals surface area contributed by atoms with Crippen LogP contribution in [0.25, 0.3) is 10.8 Å². The van der Waals surface area contributed by atoms with E-state index in [0.717, 1.165) is 19.3 Å². The van der Waals surface area contributed by atoms with Gasteiger partial charge in [-0.25, -0.2) is 0 Å². The molecule has 1 saturated carbocycles. The molecule has 3 nitrogen and oxygen atoms in total. The fraction of sp³-hybridized carbons (Fsp3) is 0.320. The van der Waals surface area contributed by atoms with Crippen molar-refractivity contribution in [3.63, 3.8) is 0 Å². The molecule has 1 unspecified atom stereocenters. The lowest BCUT2D eigenvalue weighted by Gasteiger charge is -2.37. The van der Waals surface area contributed by atoms with E-state index in [1.54, 1.807) is 0 Å². The highest BCUT2D eigenvalue weighted by Gasteiger charge is 2.32. The number of fused-ring (bicyclic) bond motifs is 1. The highest BCUT2D eigenvalue weighted by atomic mass is 35.5. The van der Waals surface area contributed by atoms with Gasteiger partial charge in [-0.2, -0.15) is 0 Å². The second-order valence-corrected chi connectivity index (χ2v) is 8.54. The van der Waals surface area contributed by atoms with E-state index >= 15 is 0 Å². The normalized spacial score (nSPS) is 22.9. The van der Waals surface area contributed by atoms with Gasteiger partial charge in [-0.15, -0.1) is 11.6 Å². The first-order chi connectivity index (χ1) is 14.1. The maximum absolute atomic E-state index is 12.7. The number of hydrogen-bond donors (Lipinski definition) is 2. The molecular weight excluding hydrogens is 380 g/mol. The van der Waals surface area contributed by atoms with Gasteiger partial charge in [0.05, 0.1) is 0 Å². The minimum atomic E-state index is -0.0202. The van der Waals surface area contributed by atoms with E-state index in [2.05, 4.69) is 60.0 Å². The number of carbonyl (C=O) groups excluding carboxylic acids is 1. The Hall–Kier alpha value is -2.36. The molecule has 0 aromatic heterocycles. The average Bonchev–Trinajstić information content (AvgIpc) is 2.75. The number of rotatable bonds is 5. The molecule has 1 fully saturated rings. The van der Waals surface area contributed by atoms with Gasteiger partial charge in [-0.05, 0) is 54.7 Å². The van der Waals surface area contributed by atoms with Crippen molar-refractivity contribution in [2.45, 2.75) is 49.7 Å². The van der Waals surface area contributed by atoms with Crippen LogP contribution in [-0.4, -0.2) is 23.4 Å². The maximum atomic E-state index is 12.7. The van der Waals surface area contributed by atoms with Gasteiger partial charge in [0, 0.05) is 29.1 Å². The van der Waals surface area contributed by atoms with Crippen molar-refractivity contribution in [2.75, 3.05) is 0 Å². The number of benzene rings is 3. The second kappa shape index (κ2) is 8.98. The molecule has 150 valence electrons. The summed E-state index contributed by atoms with van der Waals surface area (Å²) in [6.07, 6.45) is 2.64. The molecule has 0 aliphatic heterocycles. The third-order valence-electron chi connectivity index (χ3n) is 5.89. The zero-order chi connectivity index (χ0) is 20.2. The predicted molar refractivity (Wildman–Crippen MR) is 120 cm³/mol. The highest BCUT2D eigenvalue weighted by Crippen LogP contribution is 2.29. The molecule has 3 aromatic carbocycles. The molecule has 2 N–H and O–H groups in total. The van der Waals surface area contributed by atoms with Gasteiger partial charge in [0.2, 0.25) is 0 Å². The summed E-state index contributed by atoms with van der Waals surface area (Å²) in [6.45, 7) is 2.19. The summed E-state index contributed by atoms with van der Waals surface area (Å²) in [5.74, 6) is -0.0202. The second-order valence-electron chi connectivity index (χ2n) is 7.92. The van der Waals surface area contributed by atoms with Crippen LogP contribution in [0.15, 0.2) is 72.8 Å². The standard InChI is InChI=1S/C25H27ClN2O/c1-17(21-13-7-11-18-8-5-6-12-22(18)21)27-24-16-20(26)14-15-23(24)28-25(29)19-9-3-2-4-10-19/h2-13,17,20,23-24,27H,14-16H2,1H3,(H,28,29)/t17-,20?,23+,24+/m1/s1. The Morgan fingerprint density at radius 3 is 2.48 bits per heavy atom. The zero-order valence-corrected chi connectivity index (χ0v) is 17.4. The number of hydrogen-bond acceptors (Lipinski definition) is 2. The fourth-order valence-corrected chi connectivity index (χ4v) is 4.67. The third-order valence-corrected chi connectivity index (χ3v) is 6.29. The van der Waals surface area contributed by atoms with Crippen LogP contribution < -0.4 is 10.6 Å². The first-order valence-electron chi connectivity index (χ1n) is 10.4. The lowest BCUT2D eigenvalue weighted by Crippen LogP contribution is -2.53. The van der Waals surface area contributed by atoms with Crippen molar-refractivity contribution in [3.8, 4) is 0 Å². The lowest BCUT2D eigenvalue weighted by molar-refractivity contribution is 0.0913. The van der Waals surface area contributed by atoms with Crippen LogP contribution in [0, 0.1) is 0 Å². The summed E-state index contributed by atoms with van der Waals surface area (Å²) in [7, 11) is 0. The number of amides is 1. The van der Waals surface area contributed by atoms with Crippen LogP contribution in [-0.2, 0) is 0 Å². The van der Waals surface area contributed by atoms with Crippen LogP contribution in [0.4, 0.5) is 0 Å². The van der Waals surface area contributed by atoms with E-state index in [0.29, 0.717) is 5.56 Å². The quantitative estimate of drug-likeness (QED) is 0.553. The summed E-state index contributed by atoms with van der Waals surface area (Å²) in [5.41, 5.74) is 1.97. The minimum Gasteiger partial charge on any atom is -0.348 e. The van der Waals surface area contributed by atoms with E-state index < -0.39 is 0 Å². The Morgan fingerprint density at radius 2 is 1.66 bits per heavy atom. The third kappa shape index (κ3) is 4.63. The monoisotopic (exact) mass is 406 g/mol. The van der Waals surface area contributed by atoms with Crippen LogP contribution in [0.2, 0.25) is 0 Å². The van der Waals surface area contributed by atoms with Gasteiger partial charge in [0.15, 0.2) is 0 Å². The van der Waals surface area contributed by atoms with Gasteiger partial charge in [0.25, 0.3) is 5.91 Å². The zero-order valence-electron chi connectivity index (χ0n) is 16.6. The highest BCUT2D eigenvalue weighted by molar-refractivity contribution is 6.20. The topological polar surface area (TPSA) is 41.1 Å². The van der Waals surface area contributed by atoms with Gasteiger partial charge in [-0.1, -0.05) is 60.7 Å². The number of alkyl halides is 1. The molecule has 1 amide bonds. The van der Waals surface area contributed by atoms with E-state index in [-0.39, 0.29) is 29.4 Å². The van der Waals surface area contributed by atoms with Crippen LogP contribution >= 0.6 is 11.6 Å². The first kappa shape index (κ1) is 19.9. The molecular formula is C25H27ClN2O. The lowest BCUT2D eigenvalue weighted by atomic mass is 9.88. The van der Waals surface area contributed by atoms with Gasteiger partial charge < -0.3 is 10.6 Å². The van der Waals surface area contributed by atoms with Crippen molar-refractivity contribution >= 4 is 28.3 Å². The summed E-state index contributed by atoms with van der Waals surface area (Å²) >= 11 is 6.50. The van der Waals surface area contributed by atoms with Gasteiger partial charge >= 0.3 is 0 Å². The van der Waals surface area contributed by atoms with E-state index in [1.807, 2.05) is 30.3 Å². The minimum absolute atomic E-state index is 0.0202. The molecule has 4 atom stereocenters. The molecule has 4 heteroatoms. The number of nitrogens with one attached hydrogen (secondary N) is 2. The molecule has 0 bridgehead atoms. The van der Waals surface area contributed by atoms with Crippen molar-refractivity contribution in [1.29, 1.82) is 0 Å². The Bertz CT molecular complexity index is 969. The predicted octanol–water partition coefficient (Wildman–Crippen LogP) is 5.45. The average molecular weight is 407 g/mol.